The fraction of sp³-hybridized carbons (Fsp3) is 0.269. The molecule has 2 aromatic rings. The topological polar surface area (TPSA) is 68.3 Å². The second kappa shape index (κ2) is 11.3. The number of carbonyl (C=O) groups is 2. The summed E-state index contributed by atoms with van der Waals surface area (Å²) in [6, 6.07) is 12.8. The van der Waals surface area contributed by atoms with Crippen LogP contribution < -0.4 is 14.4 Å². The first-order valence-electron chi connectivity index (χ1n) is 10.8. The minimum Gasteiger partial charge on any atom is -0.490 e. The second-order valence-electron chi connectivity index (χ2n) is 7.27. The van der Waals surface area contributed by atoms with Gasteiger partial charge in [0, 0.05) is 0 Å². The molecule has 0 saturated carbocycles. The molecule has 1 fully saturated rings. The smallest absolute Gasteiger partial charge is 0.325 e. The van der Waals surface area contributed by atoms with E-state index in [2.05, 4.69) is 12.8 Å². The van der Waals surface area contributed by atoms with Crippen molar-refractivity contribution in [2.75, 3.05) is 31.8 Å². The maximum atomic E-state index is 13.5. The third kappa shape index (κ3) is 5.38. The van der Waals surface area contributed by atoms with Crippen LogP contribution in [0.25, 0.3) is 6.08 Å². The van der Waals surface area contributed by atoms with Gasteiger partial charge in [0.15, 0.2) is 16.6 Å². The van der Waals surface area contributed by atoms with Gasteiger partial charge in [-0.15, -0.1) is 6.42 Å². The first-order valence-corrected chi connectivity index (χ1v) is 11.2. The number of ether oxygens (including phenoxy) is 3. The Balaban J connectivity index is 2.02. The molecule has 0 N–H and O–H groups in total. The number of amides is 1. The number of hydrogen-bond donors (Lipinski definition) is 0. The van der Waals surface area contributed by atoms with Gasteiger partial charge in [-0.1, -0.05) is 31.0 Å². The van der Waals surface area contributed by atoms with Crippen LogP contribution in [0.1, 0.15) is 25.0 Å². The average molecular weight is 479 g/mol. The first-order chi connectivity index (χ1) is 16.4. The molecule has 34 heavy (non-hydrogen) atoms. The zero-order valence-electron chi connectivity index (χ0n) is 19.4. The van der Waals surface area contributed by atoms with Crippen LogP contribution in [0.2, 0.25) is 0 Å². The lowest BCUT2D eigenvalue weighted by atomic mass is 10.1. The highest BCUT2D eigenvalue weighted by Crippen LogP contribution is 2.32. The molecule has 0 radical (unpaired) electrons. The Morgan fingerprint density at radius 1 is 1.12 bits per heavy atom. The van der Waals surface area contributed by atoms with Gasteiger partial charge in [-0.2, -0.15) is 0 Å². The highest BCUT2D eigenvalue weighted by Gasteiger charge is 2.40. The van der Waals surface area contributed by atoms with E-state index in [1.54, 1.807) is 24.3 Å². The fourth-order valence-electron chi connectivity index (χ4n) is 3.41. The van der Waals surface area contributed by atoms with E-state index < -0.39 is 5.97 Å². The SMILES string of the molecule is C#CCOc1ccc(/C=C2/C(=O)N(c3ccc(CC)cc3)C(=S)N2CC(=O)OC)cc1OCC. The highest BCUT2D eigenvalue weighted by molar-refractivity contribution is 7.80. The molecule has 0 bridgehead atoms. The van der Waals surface area contributed by atoms with Crippen LogP contribution in [-0.2, 0) is 20.7 Å². The predicted molar refractivity (Wildman–Crippen MR) is 135 cm³/mol. The van der Waals surface area contributed by atoms with E-state index in [0.717, 1.165) is 12.0 Å². The molecule has 176 valence electrons. The lowest BCUT2D eigenvalue weighted by molar-refractivity contribution is -0.140. The highest BCUT2D eigenvalue weighted by atomic mass is 32.1. The molecule has 8 heteroatoms. The largest absolute Gasteiger partial charge is 0.490 e. The number of aryl methyl sites for hydroxylation is 1. The van der Waals surface area contributed by atoms with Crippen molar-refractivity contribution >= 4 is 41.0 Å². The van der Waals surface area contributed by atoms with Crippen LogP contribution in [0.3, 0.4) is 0 Å². The number of nitrogens with zero attached hydrogens (tertiary/aromatic N) is 2. The van der Waals surface area contributed by atoms with E-state index in [0.29, 0.717) is 29.4 Å². The van der Waals surface area contributed by atoms with Crippen LogP contribution in [0, 0.1) is 12.3 Å². The predicted octanol–water partition coefficient (Wildman–Crippen LogP) is 3.81. The number of hydrogen-bond acceptors (Lipinski definition) is 6. The van der Waals surface area contributed by atoms with Crippen molar-refractivity contribution in [1.82, 2.24) is 4.90 Å². The molecule has 7 nitrogen and oxygen atoms in total. The summed E-state index contributed by atoms with van der Waals surface area (Å²) < 4.78 is 16.0. The van der Waals surface area contributed by atoms with Crippen molar-refractivity contribution in [2.24, 2.45) is 0 Å². The molecule has 1 heterocycles. The van der Waals surface area contributed by atoms with Gasteiger partial charge in [-0.25, -0.2) is 0 Å². The van der Waals surface area contributed by atoms with Crippen molar-refractivity contribution in [3.63, 3.8) is 0 Å². The Morgan fingerprint density at radius 2 is 1.85 bits per heavy atom. The molecule has 0 unspecified atom stereocenters. The van der Waals surface area contributed by atoms with Crippen molar-refractivity contribution in [3.8, 4) is 23.8 Å². The number of methoxy groups -OCH3 is 1. The molecule has 3 rings (SSSR count). The quantitative estimate of drug-likeness (QED) is 0.235. The molecule has 1 saturated heterocycles. The Kier molecular flexibility index (Phi) is 8.28. The molecular formula is C26H26N2O5S. The molecule has 1 amide bonds. The standard InChI is InChI=1S/C26H26N2O5S/c1-5-14-33-22-13-10-19(16-23(22)32-7-3)15-21-25(30)28(20-11-8-18(6-2)9-12-20)26(34)27(21)17-24(29)31-4/h1,8-13,15-16H,6-7,14,17H2,2-4H3/b21-15-. The van der Waals surface area contributed by atoms with Gasteiger partial charge in [0.2, 0.25) is 0 Å². The van der Waals surface area contributed by atoms with Crippen LogP contribution >= 0.6 is 12.2 Å². The third-order valence-corrected chi connectivity index (χ3v) is 5.54. The molecule has 0 aliphatic carbocycles. The van der Waals surface area contributed by atoms with E-state index in [4.69, 9.17) is 32.9 Å². The number of anilines is 1. The lowest BCUT2D eigenvalue weighted by Gasteiger charge is -2.19. The summed E-state index contributed by atoms with van der Waals surface area (Å²) in [6.45, 7) is 4.24. The Labute approximate surface area is 204 Å². The third-order valence-electron chi connectivity index (χ3n) is 5.13. The minimum atomic E-state index is -0.516. The van der Waals surface area contributed by atoms with E-state index in [1.165, 1.54) is 16.9 Å². The van der Waals surface area contributed by atoms with Crippen LogP contribution in [0.15, 0.2) is 48.2 Å². The molecule has 0 aromatic heterocycles. The van der Waals surface area contributed by atoms with Gasteiger partial charge < -0.3 is 19.1 Å². The van der Waals surface area contributed by atoms with Crippen molar-refractivity contribution in [1.29, 1.82) is 0 Å². The van der Waals surface area contributed by atoms with Gasteiger partial charge >= 0.3 is 5.97 Å². The summed E-state index contributed by atoms with van der Waals surface area (Å²) in [5, 5.41) is 0.199. The number of rotatable bonds is 9. The molecule has 1 aliphatic heterocycles. The maximum absolute atomic E-state index is 13.5. The minimum absolute atomic E-state index is 0.103. The van der Waals surface area contributed by atoms with Gasteiger partial charge in [0.1, 0.15) is 18.8 Å². The summed E-state index contributed by atoms with van der Waals surface area (Å²) in [6.07, 6.45) is 7.82. The zero-order chi connectivity index (χ0) is 24.7. The molecule has 2 aromatic carbocycles. The number of terminal acetylenes is 1. The number of benzene rings is 2. The molecule has 1 aliphatic rings. The van der Waals surface area contributed by atoms with Crippen LogP contribution in [0.4, 0.5) is 5.69 Å². The van der Waals surface area contributed by atoms with E-state index in [1.807, 2.05) is 31.2 Å². The Bertz CT molecular complexity index is 1150. The van der Waals surface area contributed by atoms with Gasteiger partial charge in [0.25, 0.3) is 5.91 Å². The number of esters is 1. The summed E-state index contributed by atoms with van der Waals surface area (Å²) >= 11 is 5.60. The van der Waals surface area contributed by atoms with Crippen molar-refractivity contribution in [3.05, 3.63) is 59.3 Å². The van der Waals surface area contributed by atoms with Crippen molar-refractivity contribution in [2.45, 2.75) is 20.3 Å². The monoisotopic (exact) mass is 478 g/mol. The summed E-state index contributed by atoms with van der Waals surface area (Å²) in [7, 11) is 1.29. The fourth-order valence-corrected chi connectivity index (χ4v) is 3.77. The Hall–Kier alpha value is -3.83. The molecular weight excluding hydrogens is 452 g/mol. The number of carbonyl (C=O) groups excluding carboxylic acids is 2. The van der Waals surface area contributed by atoms with Gasteiger partial charge in [-0.05, 0) is 67.0 Å². The van der Waals surface area contributed by atoms with Crippen molar-refractivity contribution < 1.29 is 23.8 Å². The average Bonchev–Trinajstić information content (AvgIpc) is 3.07. The van der Waals surface area contributed by atoms with Crippen LogP contribution in [-0.4, -0.2) is 48.8 Å². The Morgan fingerprint density at radius 3 is 2.47 bits per heavy atom. The second-order valence-corrected chi connectivity index (χ2v) is 7.63. The van der Waals surface area contributed by atoms with E-state index in [9.17, 15) is 9.59 Å². The normalized spacial score (nSPS) is 14.4. The molecule has 0 atom stereocenters. The summed E-state index contributed by atoms with van der Waals surface area (Å²) in [5.41, 5.74) is 2.67. The van der Waals surface area contributed by atoms with Crippen LogP contribution in [0.5, 0.6) is 11.5 Å². The van der Waals surface area contributed by atoms with Gasteiger partial charge in [-0.3, -0.25) is 14.5 Å². The van der Waals surface area contributed by atoms with Gasteiger partial charge in [0.05, 0.1) is 19.4 Å². The van der Waals surface area contributed by atoms with E-state index in [-0.39, 0.29) is 29.9 Å². The summed E-state index contributed by atoms with van der Waals surface area (Å²) in [4.78, 5) is 28.5. The number of thiocarbonyl (C=S) groups is 1. The lowest BCUT2D eigenvalue weighted by Crippen LogP contribution is -2.35. The summed E-state index contributed by atoms with van der Waals surface area (Å²) in [5.74, 6) is 2.55. The molecule has 0 spiro atoms. The first kappa shape index (κ1) is 24.8. The maximum Gasteiger partial charge on any atom is 0.325 e. The van der Waals surface area contributed by atoms with E-state index >= 15 is 0 Å². The zero-order valence-corrected chi connectivity index (χ0v) is 20.2.